The third-order valence-corrected chi connectivity index (χ3v) is 6.12. The van der Waals surface area contributed by atoms with E-state index in [1.807, 2.05) is 4.90 Å². The third-order valence-electron chi connectivity index (χ3n) is 5.00. The molecule has 1 aliphatic heterocycles. The Labute approximate surface area is 179 Å². The Morgan fingerprint density at radius 2 is 1.81 bits per heavy atom. The van der Waals surface area contributed by atoms with Crippen molar-refractivity contribution in [1.29, 1.82) is 0 Å². The fraction of sp³-hybridized carbons (Fsp3) is 0.381. The number of phenolic OH excluding ortho intramolecular Hbond substituents is 1. The van der Waals surface area contributed by atoms with Crippen molar-refractivity contribution < 1.29 is 31.8 Å². The van der Waals surface area contributed by atoms with E-state index < -0.39 is 21.7 Å². The van der Waals surface area contributed by atoms with Crippen molar-refractivity contribution in [2.45, 2.75) is 23.7 Å². The minimum atomic E-state index is -3.64. The van der Waals surface area contributed by atoms with Crippen LogP contribution in [-0.2, 0) is 9.84 Å². The molecule has 1 aliphatic rings. The summed E-state index contributed by atoms with van der Waals surface area (Å²) in [6.45, 7) is 1.57. The number of carbonyl (C=O) groups is 1. The van der Waals surface area contributed by atoms with E-state index in [1.165, 1.54) is 18.2 Å². The molecule has 7 nitrogen and oxygen atoms in total. The van der Waals surface area contributed by atoms with Gasteiger partial charge in [-0.05, 0) is 42.5 Å². The van der Waals surface area contributed by atoms with Crippen molar-refractivity contribution in [3.63, 3.8) is 0 Å². The number of aromatic hydroxyl groups is 1. The Morgan fingerprint density at radius 3 is 2.42 bits per heavy atom. The number of benzene rings is 2. The van der Waals surface area contributed by atoms with Gasteiger partial charge in [-0.3, -0.25) is 9.69 Å². The maximum Gasteiger partial charge on any atom is 0.255 e. The van der Waals surface area contributed by atoms with Crippen LogP contribution in [-0.4, -0.2) is 62.8 Å². The molecule has 0 spiro atoms. The van der Waals surface area contributed by atoms with E-state index in [0.29, 0.717) is 37.6 Å². The van der Waals surface area contributed by atoms with Crippen LogP contribution >= 0.6 is 0 Å². The van der Waals surface area contributed by atoms with E-state index in [-0.39, 0.29) is 29.2 Å². The maximum atomic E-state index is 13.2. The molecule has 0 saturated carbocycles. The molecule has 0 aromatic heterocycles. The molecule has 2 N–H and O–H groups in total. The van der Waals surface area contributed by atoms with Crippen LogP contribution in [0.4, 0.5) is 14.5 Å². The molecule has 1 heterocycles. The molecule has 0 atom stereocenters. The normalized spacial score (nSPS) is 16.6. The largest absolute Gasteiger partial charge is 0.507 e. The molecule has 168 valence electrons. The number of amides is 1. The highest BCUT2D eigenvalue weighted by molar-refractivity contribution is 7.90. The fourth-order valence-corrected chi connectivity index (χ4v) is 3.98. The molecular weight excluding hydrogens is 430 g/mol. The number of ether oxygens (including phenoxy) is 1. The molecule has 0 unspecified atom stereocenters. The molecule has 31 heavy (non-hydrogen) atoms. The lowest BCUT2D eigenvalue weighted by atomic mass is 10.1. The van der Waals surface area contributed by atoms with Gasteiger partial charge in [0, 0.05) is 50.0 Å². The summed E-state index contributed by atoms with van der Waals surface area (Å²) in [6.07, 6.45) is 0.694. The zero-order chi connectivity index (χ0) is 22.6. The van der Waals surface area contributed by atoms with Gasteiger partial charge in [0.25, 0.3) is 11.8 Å². The van der Waals surface area contributed by atoms with Crippen LogP contribution in [0.5, 0.6) is 11.5 Å². The van der Waals surface area contributed by atoms with Gasteiger partial charge in [-0.1, -0.05) is 0 Å². The molecular formula is C21H24F2N2O5S. The Morgan fingerprint density at radius 1 is 1.16 bits per heavy atom. The van der Waals surface area contributed by atoms with Gasteiger partial charge in [-0.25, -0.2) is 17.2 Å². The first-order valence-corrected chi connectivity index (χ1v) is 11.6. The van der Waals surface area contributed by atoms with Crippen LogP contribution in [0.25, 0.3) is 0 Å². The quantitative estimate of drug-likeness (QED) is 0.624. The summed E-state index contributed by atoms with van der Waals surface area (Å²) in [6, 6.07) is 10.2. The molecule has 10 heteroatoms. The molecule has 1 saturated heterocycles. The van der Waals surface area contributed by atoms with E-state index >= 15 is 0 Å². The van der Waals surface area contributed by atoms with E-state index in [4.69, 9.17) is 4.74 Å². The average Bonchev–Trinajstić information content (AvgIpc) is 2.70. The van der Waals surface area contributed by atoms with Gasteiger partial charge in [-0.15, -0.1) is 0 Å². The molecule has 1 fully saturated rings. The number of hydrogen-bond donors (Lipinski definition) is 2. The predicted octanol–water partition coefficient (Wildman–Crippen LogP) is 3.16. The van der Waals surface area contributed by atoms with Crippen LogP contribution in [0.2, 0.25) is 0 Å². The number of piperidine rings is 1. The molecule has 2 aromatic rings. The van der Waals surface area contributed by atoms with Crippen LogP contribution in [0, 0.1) is 0 Å². The first-order valence-electron chi connectivity index (χ1n) is 9.71. The zero-order valence-corrected chi connectivity index (χ0v) is 17.8. The first kappa shape index (κ1) is 23.0. The van der Waals surface area contributed by atoms with E-state index in [0.717, 1.165) is 6.26 Å². The minimum Gasteiger partial charge on any atom is -0.507 e. The minimum absolute atomic E-state index is 0.135. The number of nitrogens with zero attached hydrogens (tertiary/aromatic N) is 1. The standard InChI is InChI=1S/C21H24F2N2O5S/c1-31(28,29)19-14-16(4-7-18(19)26)24-20(27)15-2-5-17(6-3-15)30-13-12-25-10-8-21(22,23)9-11-25/h2-7,14,26H,8-13H2,1H3,(H,24,27). The van der Waals surface area contributed by atoms with Crippen molar-refractivity contribution in [2.75, 3.05) is 37.8 Å². The topological polar surface area (TPSA) is 95.9 Å². The maximum absolute atomic E-state index is 13.2. The zero-order valence-electron chi connectivity index (χ0n) is 17.0. The van der Waals surface area contributed by atoms with Crippen molar-refractivity contribution in [3.8, 4) is 11.5 Å². The van der Waals surface area contributed by atoms with Crippen molar-refractivity contribution >= 4 is 21.4 Å². The SMILES string of the molecule is CS(=O)(=O)c1cc(NC(=O)c2ccc(OCCN3CCC(F)(F)CC3)cc2)ccc1O. The van der Waals surface area contributed by atoms with Crippen LogP contribution in [0.1, 0.15) is 23.2 Å². The van der Waals surface area contributed by atoms with Crippen LogP contribution in [0.15, 0.2) is 47.4 Å². The van der Waals surface area contributed by atoms with Gasteiger partial charge < -0.3 is 15.2 Å². The third kappa shape index (κ3) is 6.38. The summed E-state index contributed by atoms with van der Waals surface area (Å²) in [5.41, 5.74) is 0.565. The van der Waals surface area contributed by atoms with Gasteiger partial charge >= 0.3 is 0 Å². The summed E-state index contributed by atoms with van der Waals surface area (Å²) in [7, 11) is -3.64. The summed E-state index contributed by atoms with van der Waals surface area (Å²) in [5.74, 6) is -2.87. The number of phenols is 1. The monoisotopic (exact) mass is 454 g/mol. The van der Waals surface area contributed by atoms with Crippen molar-refractivity contribution in [3.05, 3.63) is 48.0 Å². The number of halogens is 2. The van der Waals surface area contributed by atoms with Gasteiger partial charge in [0.2, 0.25) is 0 Å². The van der Waals surface area contributed by atoms with Gasteiger partial charge in [0.1, 0.15) is 23.0 Å². The number of hydrogen-bond acceptors (Lipinski definition) is 6. The second-order valence-corrected chi connectivity index (χ2v) is 9.46. The highest BCUT2D eigenvalue weighted by Gasteiger charge is 2.33. The number of anilines is 1. The Kier molecular flexibility index (Phi) is 6.80. The number of likely N-dealkylation sites (tertiary alicyclic amines) is 1. The average molecular weight is 454 g/mol. The summed E-state index contributed by atoms with van der Waals surface area (Å²) >= 11 is 0. The van der Waals surface area contributed by atoms with Crippen molar-refractivity contribution in [1.82, 2.24) is 4.90 Å². The highest BCUT2D eigenvalue weighted by atomic mass is 32.2. The molecule has 2 aromatic carbocycles. The smallest absolute Gasteiger partial charge is 0.255 e. The van der Waals surface area contributed by atoms with Gasteiger partial charge in [0.15, 0.2) is 9.84 Å². The van der Waals surface area contributed by atoms with Gasteiger partial charge in [-0.2, -0.15) is 0 Å². The number of nitrogens with one attached hydrogen (secondary N) is 1. The van der Waals surface area contributed by atoms with Gasteiger partial charge in [0.05, 0.1) is 0 Å². The summed E-state index contributed by atoms with van der Waals surface area (Å²) in [4.78, 5) is 14.1. The lowest BCUT2D eigenvalue weighted by Crippen LogP contribution is -2.41. The number of rotatable bonds is 7. The fourth-order valence-electron chi connectivity index (χ4n) is 3.19. The number of sulfone groups is 1. The molecule has 0 bridgehead atoms. The number of carbonyl (C=O) groups excluding carboxylic acids is 1. The van der Waals surface area contributed by atoms with Crippen LogP contribution in [0.3, 0.4) is 0 Å². The van der Waals surface area contributed by atoms with E-state index in [1.54, 1.807) is 24.3 Å². The van der Waals surface area contributed by atoms with E-state index in [2.05, 4.69) is 5.32 Å². The summed E-state index contributed by atoms with van der Waals surface area (Å²) in [5, 5.41) is 12.3. The number of alkyl halides is 2. The molecule has 0 aliphatic carbocycles. The Balaban J connectivity index is 1.52. The van der Waals surface area contributed by atoms with Crippen molar-refractivity contribution in [2.24, 2.45) is 0 Å². The summed E-state index contributed by atoms with van der Waals surface area (Å²) < 4.78 is 55.3. The van der Waals surface area contributed by atoms with Crippen LogP contribution < -0.4 is 10.1 Å². The second kappa shape index (κ2) is 9.19. The molecule has 1 amide bonds. The van der Waals surface area contributed by atoms with E-state index in [9.17, 15) is 27.1 Å². The lowest BCUT2D eigenvalue weighted by molar-refractivity contribution is -0.0564. The first-order chi connectivity index (χ1) is 14.5. The predicted molar refractivity (Wildman–Crippen MR) is 112 cm³/mol. The second-order valence-electron chi connectivity index (χ2n) is 7.48. The Hall–Kier alpha value is -2.72. The Bertz CT molecular complexity index is 1030. The molecule has 0 radical (unpaired) electrons. The lowest BCUT2D eigenvalue weighted by Gasteiger charge is -2.31. The molecule has 3 rings (SSSR count). The highest BCUT2D eigenvalue weighted by Crippen LogP contribution is 2.28.